The van der Waals surface area contributed by atoms with Crippen molar-refractivity contribution in [3.05, 3.63) is 35.9 Å². The maximum Gasteiger partial charge on any atom is 0.410 e. The summed E-state index contributed by atoms with van der Waals surface area (Å²) < 4.78 is 5.33. The topological polar surface area (TPSA) is 55.6 Å². The third kappa shape index (κ3) is 4.69. The molecule has 1 aliphatic carbocycles. The maximum absolute atomic E-state index is 12.0. The van der Waals surface area contributed by atoms with Crippen LogP contribution in [0.3, 0.4) is 0 Å². The van der Waals surface area contributed by atoms with Gasteiger partial charge < -0.3 is 15.4 Å². The lowest BCUT2D eigenvalue weighted by Crippen LogP contribution is -2.42. The van der Waals surface area contributed by atoms with Crippen LogP contribution in [0.25, 0.3) is 0 Å². The Labute approximate surface area is 126 Å². The number of hydrogen-bond donors (Lipinski definition) is 1. The second kappa shape index (κ2) is 8.12. The summed E-state index contributed by atoms with van der Waals surface area (Å²) in [6, 6.07) is 10.3. The summed E-state index contributed by atoms with van der Waals surface area (Å²) >= 11 is 0. The molecule has 1 aromatic rings. The molecule has 0 bridgehead atoms. The van der Waals surface area contributed by atoms with Crippen molar-refractivity contribution in [1.29, 1.82) is 0 Å². The minimum Gasteiger partial charge on any atom is -0.445 e. The number of nitrogens with zero attached hydrogens (tertiary/aromatic N) is 1. The van der Waals surface area contributed by atoms with E-state index in [9.17, 15) is 4.79 Å². The summed E-state index contributed by atoms with van der Waals surface area (Å²) in [6.45, 7) is 0.330. The SMILES string of the molecule is CN(C(=O)OCc1ccccc1)C1CCC(N)CC1.Cl. The standard InChI is InChI=1S/C15H22N2O2.ClH/c1-17(14-9-7-13(16)8-10-14)15(18)19-11-12-5-3-2-4-6-12;/h2-6,13-14H,7-11,16H2,1H3;1H. The molecule has 1 saturated carbocycles. The number of ether oxygens (including phenoxy) is 1. The van der Waals surface area contributed by atoms with E-state index in [1.54, 1.807) is 4.90 Å². The molecule has 4 nitrogen and oxygen atoms in total. The molecule has 0 spiro atoms. The van der Waals surface area contributed by atoms with Gasteiger partial charge in [0.2, 0.25) is 0 Å². The van der Waals surface area contributed by atoms with E-state index in [1.807, 2.05) is 37.4 Å². The minimum atomic E-state index is -0.246. The predicted octanol–water partition coefficient (Wildman–Crippen LogP) is 2.95. The molecule has 0 heterocycles. The van der Waals surface area contributed by atoms with Crippen molar-refractivity contribution in [3.8, 4) is 0 Å². The Balaban J connectivity index is 0.00000200. The van der Waals surface area contributed by atoms with Gasteiger partial charge in [-0.05, 0) is 31.2 Å². The van der Waals surface area contributed by atoms with Crippen molar-refractivity contribution in [2.75, 3.05) is 7.05 Å². The Hall–Kier alpha value is -1.26. The zero-order valence-electron chi connectivity index (χ0n) is 11.8. The van der Waals surface area contributed by atoms with Crippen LogP contribution in [0.5, 0.6) is 0 Å². The Kier molecular flexibility index (Phi) is 6.82. The third-order valence-corrected chi connectivity index (χ3v) is 3.78. The maximum atomic E-state index is 12.0. The molecule has 2 N–H and O–H groups in total. The fraction of sp³-hybridized carbons (Fsp3) is 0.533. The van der Waals surface area contributed by atoms with Gasteiger partial charge in [0.05, 0.1) is 0 Å². The van der Waals surface area contributed by atoms with Crippen LogP contribution in [0.4, 0.5) is 4.79 Å². The summed E-state index contributed by atoms with van der Waals surface area (Å²) in [7, 11) is 1.81. The summed E-state index contributed by atoms with van der Waals surface area (Å²) in [6.07, 6.45) is 3.67. The van der Waals surface area contributed by atoms with Gasteiger partial charge in [-0.1, -0.05) is 30.3 Å². The lowest BCUT2D eigenvalue weighted by molar-refractivity contribution is 0.0822. The number of rotatable bonds is 3. The number of hydrogen-bond acceptors (Lipinski definition) is 3. The van der Waals surface area contributed by atoms with Crippen molar-refractivity contribution in [1.82, 2.24) is 4.90 Å². The first kappa shape index (κ1) is 16.8. The zero-order valence-corrected chi connectivity index (χ0v) is 12.6. The van der Waals surface area contributed by atoms with E-state index in [-0.39, 0.29) is 24.5 Å². The van der Waals surface area contributed by atoms with E-state index < -0.39 is 0 Å². The number of nitrogens with two attached hydrogens (primary N) is 1. The van der Waals surface area contributed by atoms with Gasteiger partial charge in [-0.15, -0.1) is 12.4 Å². The molecular formula is C15H23ClN2O2. The Bertz CT molecular complexity index is 406. The number of benzene rings is 1. The van der Waals surface area contributed by atoms with Gasteiger partial charge >= 0.3 is 6.09 Å². The van der Waals surface area contributed by atoms with E-state index in [2.05, 4.69) is 0 Å². The monoisotopic (exact) mass is 298 g/mol. The van der Waals surface area contributed by atoms with Crippen molar-refractivity contribution >= 4 is 18.5 Å². The number of carbonyl (C=O) groups excluding carboxylic acids is 1. The molecule has 1 aromatic carbocycles. The normalized spacial score (nSPS) is 21.7. The van der Waals surface area contributed by atoms with Gasteiger partial charge in [0.1, 0.15) is 6.61 Å². The molecule has 2 rings (SSSR count). The molecule has 5 heteroatoms. The van der Waals surface area contributed by atoms with Gasteiger partial charge in [0.25, 0.3) is 0 Å². The van der Waals surface area contributed by atoms with E-state index in [1.165, 1.54) is 0 Å². The van der Waals surface area contributed by atoms with Crippen LogP contribution in [0, 0.1) is 0 Å². The first-order valence-electron chi connectivity index (χ1n) is 6.86. The molecule has 1 fully saturated rings. The van der Waals surface area contributed by atoms with Crippen LogP contribution in [0.2, 0.25) is 0 Å². The second-order valence-electron chi connectivity index (χ2n) is 5.22. The molecule has 0 aliphatic heterocycles. The van der Waals surface area contributed by atoms with Gasteiger partial charge in [-0.25, -0.2) is 4.79 Å². The van der Waals surface area contributed by atoms with E-state index in [4.69, 9.17) is 10.5 Å². The molecule has 112 valence electrons. The number of amides is 1. The van der Waals surface area contributed by atoms with E-state index >= 15 is 0 Å². The first-order valence-corrected chi connectivity index (χ1v) is 6.86. The number of carbonyl (C=O) groups is 1. The van der Waals surface area contributed by atoms with E-state index in [0.29, 0.717) is 12.6 Å². The van der Waals surface area contributed by atoms with Gasteiger partial charge in [0, 0.05) is 19.1 Å². The second-order valence-corrected chi connectivity index (χ2v) is 5.22. The quantitative estimate of drug-likeness (QED) is 0.933. The molecule has 0 unspecified atom stereocenters. The Morgan fingerprint density at radius 3 is 2.45 bits per heavy atom. The molecule has 0 atom stereocenters. The molecule has 0 aromatic heterocycles. The molecule has 20 heavy (non-hydrogen) atoms. The average molecular weight is 299 g/mol. The van der Waals surface area contributed by atoms with E-state index in [0.717, 1.165) is 31.2 Å². The highest BCUT2D eigenvalue weighted by Crippen LogP contribution is 2.21. The summed E-state index contributed by atoms with van der Waals surface area (Å²) in [5.74, 6) is 0. The summed E-state index contributed by atoms with van der Waals surface area (Å²) in [5, 5.41) is 0. The molecule has 1 aliphatic rings. The highest BCUT2D eigenvalue weighted by molar-refractivity contribution is 5.85. The van der Waals surface area contributed by atoms with Crippen molar-refractivity contribution in [2.24, 2.45) is 5.73 Å². The van der Waals surface area contributed by atoms with Crippen LogP contribution in [-0.4, -0.2) is 30.1 Å². The van der Waals surface area contributed by atoms with Gasteiger partial charge in [-0.2, -0.15) is 0 Å². The Morgan fingerprint density at radius 1 is 1.25 bits per heavy atom. The molecular weight excluding hydrogens is 276 g/mol. The van der Waals surface area contributed by atoms with Gasteiger partial charge in [0.15, 0.2) is 0 Å². The third-order valence-electron chi connectivity index (χ3n) is 3.78. The highest BCUT2D eigenvalue weighted by atomic mass is 35.5. The molecule has 1 amide bonds. The fourth-order valence-electron chi connectivity index (χ4n) is 2.46. The zero-order chi connectivity index (χ0) is 13.7. The van der Waals surface area contributed by atoms with Crippen LogP contribution in [0.15, 0.2) is 30.3 Å². The van der Waals surface area contributed by atoms with Crippen molar-refractivity contribution < 1.29 is 9.53 Å². The molecule has 0 radical (unpaired) electrons. The van der Waals surface area contributed by atoms with Crippen molar-refractivity contribution in [3.63, 3.8) is 0 Å². The van der Waals surface area contributed by atoms with Crippen LogP contribution in [0.1, 0.15) is 31.2 Å². The first-order chi connectivity index (χ1) is 9.16. The summed E-state index contributed by atoms with van der Waals surface area (Å²) in [5.41, 5.74) is 6.88. The van der Waals surface area contributed by atoms with Crippen molar-refractivity contribution in [2.45, 2.75) is 44.4 Å². The lowest BCUT2D eigenvalue weighted by Gasteiger charge is -2.32. The average Bonchev–Trinajstić information content (AvgIpc) is 2.46. The lowest BCUT2D eigenvalue weighted by atomic mass is 9.91. The summed E-state index contributed by atoms with van der Waals surface area (Å²) in [4.78, 5) is 13.7. The van der Waals surface area contributed by atoms with Gasteiger partial charge in [-0.3, -0.25) is 0 Å². The molecule has 0 saturated heterocycles. The minimum absolute atomic E-state index is 0. The smallest absolute Gasteiger partial charge is 0.410 e. The Morgan fingerprint density at radius 2 is 1.85 bits per heavy atom. The highest BCUT2D eigenvalue weighted by Gasteiger charge is 2.25. The predicted molar refractivity (Wildman–Crippen MR) is 81.9 cm³/mol. The number of halogens is 1. The van der Waals surface area contributed by atoms with Crippen LogP contribution in [-0.2, 0) is 11.3 Å². The largest absolute Gasteiger partial charge is 0.445 e. The van der Waals surface area contributed by atoms with Crippen LogP contribution >= 0.6 is 12.4 Å². The fourth-order valence-corrected chi connectivity index (χ4v) is 2.46. The van der Waals surface area contributed by atoms with Crippen LogP contribution < -0.4 is 5.73 Å².